The predicted octanol–water partition coefficient (Wildman–Crippen LogP) is 0.316. The van der Waals surface area contributed by atoms with Crippen molar-refractivity contribution < 1.29 is 4.39 Å². The van der Waals surface area contributed by atoms with Crippen molar-refractivity contribution in [1.82, 2.24) is 5.32 Å². The van der Waals surface area contributed by atoms with Crippen LogP contribution in [0, 0.1) is 5.92 Å². The molecule has 1 aliphatic carbocycles. The maximum Gasteiger partial charge on any atom is 0.119 e. The zero-order chi connectivity index (χ0) is 4.85. The molecule has 3 fully saturated rings. The van der Waals surface area contributed by atoms with E-state index in [1.54, 1.807) is 0 Å². The molecule has 7 heavy (non-hydrogen) atoms. The summed E-state index contributed by atoms with van der Waals surface area (Å²) < 4.78 is 12.3. The quantitative estimate of drug-likeness (QED) is 0.463. The van der Waals surface area contributed by atoms with E-state index in [4.69, 9.17) is 0 Å². The average Bonchev–Trinajstić information content (AvgIpc) is 2.18. The number of alkyl halides is 1. The Morgan fingerprint density at radius 1 is 1.57 bits per heavy atom. The summed E-state index contributed by atoms with van der Waals surface area (Å²) in [6.07, 6.45) is 0.584. The Kier molecular flexibility index (Phi) is 0.546. The minimum atomic E-state index is -0.500. The van der Waals surface area contributed by atoms with Crippen LogP contribution in [0.3, 0.4) is 0 Å². The summed E-state index contributed by atoms with van der Waals surface area (Å²) in [5.41, 5.74) is 0. The minimum Gasteiger partial charge on any atom is -0.311 e. The second-order valence-electron chi connectivity index (χ2n) is 2.45. The van der Waals surface area contributed by atoms with Crippen molar-refractivity contribution >= 4 is 0 Å². The highest BCUT2D eigenvalue weighted by atomic mass is 19.1. The van der Waals surface area contributed by atoms with Crippen molar-refractivity contribution in [2.24, 2.45) is 5.92 Å². The van der Waals surface area contributed by atoms with Gasteiger partial charge in [0.2, 0.25) is 0 Å². The van der Waals surface area contributed by atoms with Crippen LogP contribution in [0.5, 0.6) is 0 Å². The van der Waals surface area contributed by atoms with Crippen molar-refractivity contribution in [3.63, 3.8) is 0 Å². The maximum atomic E-state index is 12.3. The topological polar surface area (TPSA) is 12.0 Å². The molecule has 0 aromatic heterocycles. The van der Waals surface area contributed by atoms with Gasteiger partial charge in [-0.1, -0.05) is 0 Å². The van der Waals surface area contributed by atoms with Crippen LogP contribution in [0.1, 0.15) is 6.42 Å². The Morgan fingerprint density at radius 2 is 2.43 bits per heavy atom. The molecule has 1 N–H and O–H groups in total. The van der Waals surface area contributed by atoms with Gasteiger partial charge in [0.25, 0.3) is 0 Å². The van der Waals surface area contributed by atoms with Crippen LogP contribution in [0.4, 0.5) is 4.39 Å². The lowest BCUT2D eigenvalue weighted by molar-refractivity contribution is 0.141. The molecule has 2 aliphatic heterocycles. The Bertz CT molecular complexity index is 80.1. The van der Waals surface area contributed by atoms with Gasteiger partial charge in [-0.3, -0.25) is 0 Å². The number of halogens is 1. The van der Waals surface area contributed by atoms with Crippen LogP contribution >= 0.6 is 0 Å². The van der Waals surface area contributed by atoms with Gasteiger partial charge in [-0.25, -0.2) is 4.39 Å². The Morgan fingerprint density at radius 3 is 2.57 bits per heavy atom. The van der Waals surface area contributed by atoms with Crippen LogP contribution in [-0.4, -0.2) is 18.8 Å². The lowest BCUT2D eigenvalue weighted by atomic mass is 9.84. The highest BCUT2D eigenvalue weighted by Crippen LogP contribution is 2.35. The van der Waals surface area contributed by atoms with Crippen LogP contribution in [0.25, 0.3) is 0 Å². The third-order valence-electron chi connectivity index (χ3n) is 2.03. The average molecular weight is 101 g/mol. The Balaban J connectivity index is 2.14. The first-order valence-electron chi connectivity index (χ1n) is 2.75. The summed E-state index contributed by atoms with van der Waals surface area (Å²) in [6, 6.07) is 0.241. The van der Waals surface area contributed by atoms with Gasteiger partial charge >= 0.3 is 0 Å². The fourth-order valence-corrected chi connectivity index (χ4v) is 1.41. The molecule has 1 nitrogen and oxygen atoms in total. The van der Waals surface area contributed by atoms with Crippen LogP contribution < -0.4 is 5.32 Å². The zero-order valence-corrected chi connectivity index (χ0v) is 4.02. The summed E-state index contributed by atoms with van der Waals surface area (Å²) >= 11 is 0. The number of hydrogen-bond donors (Lipinski definition) is 1. The molecule has 0 aromatic carbocycles. The number of hydrogen-bond acceptors (Lipinski definition) is 1. The molecule has 0 amide bonds. The second kappa shape index (κ2) is 0.996. The van der Waals surface area contributed by atoms with E-state index in [1.807, 2.05) is 0 Å². The third-order valence-corrected chi connectivity index (χ3v) is 2.03. The summed E-state index contributed by atoms with van der Waals surface area (Å²) in [6.45, 7) is 0.922. The van der Waals surface area contributed by atoms with Gasteiger partial charge in [0, 0.05) is 18.5 Å². The Labute approximate surface area is 41.9 Å². The Hall–Kier alpha value is -0.110. The van der Waals surface area contributed by atoms with Gasteiger partial charge < -0.3 is 5.32 Å². The number of nitrogens with one attached hydrogen (secondary N) is 1. The van der Waals surface area contributed by atoms with Crippen LogP contribution in [-0.2, 0) is 0 Å². The highest BCUT2D eigenvalue weighted by molar-refractivity contribution is 5.02. The van der Waals surface area contributed by atoms with Crippen molar-refractivity contribution in [1.29, 1.82) is 0 Å². The first kappa shape index (κ1) is 3.84. The van der Waals surface area contributed by atoms with E-state index in [-0.39, 0.29) is 6.04 Å². The number of fused-ring (bicyclic) bond motifs is 1. The molecule has 3 atom stereocenters. The molecular weight excluding hydrogens is 93.1 g/mol. The van der Waals surface area contributed by atoms with Crippen molar-refractivity contribution in [3.8, 4) is 0 Å². The molecule has 2 heteroatoms. The maximum absolute atomic E-state index is 12.3. The van der Waals surface area contributed by atoms with E-state index >= 15 is 0 Å². The van der Waals surface area contributed by atoms with E-state index in [2.05, 4.69) is 5.32 Å². The summed E-state index contributed by atoms with van der Waals surface area (Å²) in [7, 11) is 0. The highest BCUT2D eigenvalue weighted by Gasteiger charge is 2.46. The molecule has 40 valence electrons. The zero-order valence-electron chi connectivity index (χ0n) is 4.02. The summed E-state index contributed by atoms with van der Waals surface area (Å²) in [4.78, 5) is 0. The molecule has 3 aliphatic rings. The van der Waals surface area contributed by atoms with Gasteiger partial charge in [0.1, 0.15) is 6.17 Å². The molecular formula is C5H8FN. The fourth-order valence-electron chi connectivity index (χ4n) is 1.41. The van der Waals surface area contributed by atoms with E-state index in [0.717, 1.165) is 13.0 Å². The largest absolute Gasteiger partial charge is 0.311 e. The first-order chi connectivity index (χ1) is 3.38. The van der Waals surface area contributed by atoms with Gasteiger partial charge in [-0.05, 0) is 6.42 Å². The van der Waals surface area contributed by atoms with Gasteiger partial charge in [-0.15, -0.1) is 0 Å². The lowest BCUT2D eigenvalue weighted by Gasteiger charge is -2.26. The molecule has 1 saturated carbocycles. The van der Waals surface area contributed by atoms with Crippen molar-refractivity contribution in [2.45, 2.75) is 18.6 Å². The monoisotopic (exact) mass is 101 g/mol. The second-order valence-corrected chi connectivity index (χ2v) is 2.45. The van der Waals surface area contributed by atoms with Crippen LogP contribution in [0.2, 0.25) is 0 Å². The molecule has 2 saturated heterocycles. The van der Waals surface area contributed by atoms with Gasteiger partial charge in [-0.2, -0.15) is 0 Å². The van der Waals surface area contributed by atoms with E-state index < -0.39 is 6.17 Å². The molecule has 0 aromatic rings. The van der Waals surface area contributed by atoms with Gasteiger partial charge in [0.15, 0.2) is 0 Å². The predicted molar refractivity (Wildman–Crippen MR) is 24.8 cm³/mol. The first-order valence-corrected chi connectivity index (χ1v) is 2.75. The molecule has 0 unspecified atom stereocenters. The van der Waals surface area contributed by atoms with E-state index in [1.165, 1.54) is 0 Å². The number of rotatable bonds is 0. The van der Waals surface area contributed by atoms with E-state index in [0.29, 0.717) is 5.92 Å². The fraction of sp³-hybridized carbons (Fsp3) is 1.00. The molecule has 2 heterocycles. The van der Waals surface area contributed by atoms with Crippen molar-refractivity contribution in [2.75, 3.05) is 6.54 Å². The van der Waals surface area contributed by atoms with Gasteiger partial charge in [0.05, 0.1) is 0 Å². The molecule has 3 rings (SSSR count). The van der Waals surface area contributed by atoms with E-state index in [9.17, 15) is 4.39 Å². The summed E-state index contributed by atoms with van der Waals surface area (Å²) in [5, 5.41) is 3.07. The molecule has 0 radical (unpaired) electrons. The smallest absolute Gasteiger partial charge is 0.119 e. The molecule has 0 spiro atoms. The summed E-state index contributed by atoms with van der Waals surface area (Å²) in [5.74, 6) is 0.380. The lowest BCUT2D eigenvalue weighted by Crippen LogP contribution is -2.38. The van der Waals surface area contributed by atoms with Crippen LogP contribution in [0.15, 0.2) is 0 Å². The minimum absolute atomic E-state index is 0.241. The van der Waals surface area contributed by atoms with Crippen molar-refractivity contribution in [3.05, 3.63) is 0 Å². The standard InChI is InChI=1S/C5H8FN/c6-5-3-1-4(5)7-2-3/h3-5,7H,1-2H2/t3-,4-,5-/m0/s1. The SMILES string of the molecule is F[C@H]1[C@@H]2CN[C@H]1C2. The third kappa shape index (κ3) is 0.312. The molecule has 2 bridgehead atoms. The normalized spacial score (nSPS) is 57.0.